The molecule has 0 aliphatic carbocycles. The lowest BCUT2D eigenvalue weighted by atomic mass is 9.99. The molecule has 1 nitrogen and oxygen atoms in total. The number of hydrogen-bond donors (Lipinski definition) is 1. The zero-order valence-corrected chi connectivity index (χ0v) is 14.9. The van der Waals surface area contributed by atoms with Gasteiger partial charge >= 0.3 is 0 Å². The molecule has 1 heterocycles. The summed E-state index contributed by atoms with van der Waals surface area (Å²) in [6, 6.07) is 8.99. The normalized spacial score (nSPS) is 12.7. The summed E-state index contributed by atoms with van der Waals surface area (Å²) in [7, 11) is 0. The molecule has 2 aromatic rings. The van der Waals surface area contributed by atoms with Crippen molar-refractivity contribution in [2.75, 3.05) is 6.54 Å². The van der Waals surface area contributed by atoms with Gasteiger partial charge in [-0.2, -0.15) is 0 Å². The van der Waals surface area contributed by atoms with Crippen molar-refractivity contribution < 1.29 is 0 Å². The average molecular weight is 436 g/mol. The lowest BCUT2D eigenvalue weighted by Crippen LogP contribution is -2.22. The number of nitrogens with one attached hydrogen (secondary N) is 1. The van der Waals surface area contributed by atoms with Crippen molar-refractivity contribution in [2.45, 2.75) is 19.9 Å². The third-order valence-electron chi connectivity index (χ3n) is 2.89. The highest BCUT2D eigenvalue weighted by atomic mass is 127. The van der Waals surface area contributed by atoms with E-state index in [-0.39, 0.29) is 6.04 Å². The number of rotatable bonds is 4. The van der Waals surface area contributed by atoms with E-state index in [9.17, 15) is 0 Å². The minimum atomic E-state index is 0.269. The van der Waals surface area contributed by atoms with Crippen molar-refractivity contribution in [1.29, 1.82) is 0 Å². The summed E-state index contributed by atoms with van der Waals surface area (Å²) in [4.78, 5) is 1.38. The Hall–Kier alpha value is 0.0900. The van der Waals surface area contributed by atoms with Crippen LogP contribution >= 0.6 is 49.9 Å². The molecule has 1 N–H and O–H groups in total. The first-order valence-corrected chi connectivity index (χ1v) is 8.61. The van der Waals surface area contributed by atoms with Crippen LogP contribution in [0.15, 0.2) is 34.1 Å². The Morgan fingerprint density at radius 1 is 1.33 bits per heavy atom. The van der Waals surface area contributed by atoms with Gasteiger partial charge in [-0.25, -0.2) is 0 Å². The number of hydrogen-bond acceptors (Lipinski definition) is 2. The minimum absolute atomic E-state index is 0.269. The molecule has 0 aliphatic rings. The topological polar surface area (TPSA) is 12.0 Å². The highest BCUT2D eigenvalue weighted by Gasteiger charge is 2.18. The summed E-state index contributed by atoms with van der Waals surface area (Å²) >= 11 is 7.84. The molecule has 96 valence electrons. The quantitative estimate of drug-likeness (QED) is 0.657. The third kappa shape index (κ3) is 3.15. The largest absolute Gasteiger partial charge is 0.306 e. The van der Waals surface area contributed by atoms with Crippen LogP contribution in [-0.2, 0) is 0 Å². The van der Waals surface area contributed by atoms with E-state index in [2.05, 4.69) is 87.3 Å². The molecule has 1 unspecified atom stereocenters. The van der Waals surface area contributed by atoms with Crippen LogP contribution in [0.2, 0.25) is 0 Å². The third-order valence-corrected chi connectivity index (χ3v) is 5.14. The smallest absolute Gasteiger partial charge is 0.0599 e. The van der Waals surface area contributed by atoms with Crippen LogP contribution in [-0.4, -0.2) is 6.54 Å². The Morgan fingerprint density at radius 2 is 2.11 bits per heavy atom. The predicted octanol–water partition coefficient (Wildman–Crippen LogP) is 5.12. The maximum Gasteiger partial charge on any atom is 0.0599 e. The van der Waals surface area contributed by atoms with Crippen molar-refractivity contribution >= 4 is 49.9 Å². The first-order chi connectivity index (χ1) is 8.63. The van der Waals surface area contributed by atoms with E-state index in [1.807, 2.05) is 0 Å². The lowest BCUT2D eigenvalue weighted by Gasteiger charge is -2.20. The molecule has 1 aromatic carbocycles. The molecule has 4 heteroatoms. The fourth-order valence-corrected chi connectivity index (χ4v) is 3.75. The number of benzene rings is 1. The fraction of sp³-hybridized carbons (Fsp3) is 0.286. The van der Waals surface area contributed by atoms with E-state index >= 15 is 0 Å². The van der Waals surface area contributed by atoms with Crippen LogP contribution in [0.25, 0.3) is 0 Å². The molecule has 0 saturated heterocycles. The molecule has 0 amide bonds. The van der Waals surface area contributed by atoms with E-state index < -0.39 is 0 Å². The second-order valence-corrected chi connectivity index (χ2v) is 7.31. The van der Waals surface area contributed by atoms with Crippen molar-refractivity contribution in [2.24, 2.45) is 0 Å². The van der Waals surface area contributed by atoms with Gasteiger partial charge in [-0.1, -0.05) is 22.9 Å². The molecular weight excluding hydrogens is 421 g/mol. The maximum absolute atomic E-state index is 3.67. The van der Waals surface area contributed by atoms with Crippen LogP contribution in [0, 0.1) is 10.5 Å². The van der Waals surface area contributed by atoms with Gasteiger partial charge in [0.1, 0.15) is 0 Å². The zero-order valence-electron chi connectivity index (χ0n) is 10.3. The molecule has 2 rings (SSSR count). The van der Waals surface area contributed by atoms with Crippen molar-refractivity contribution in [3.8, 4) is 0 Å². The zero-order chi connectivity index (χ0) is 13.1. The minimum Gasteiger partial charge on any atom is -0.306 e. The summed E-state index contributed by atoms with van der Waals surface area (Å²) in [5.41, 5.74) is 2.69. The molecule has 1 aromatic heterocycles. The molecule has 0 bridgehead atoms. The van der Waals surface area contributed by atoms with Gasteiger partial charge in [-0.15, -0.1) is 11.3 Å². The average Bonchev–Trinajstić information content (AvgIpc) is 2.76. The number of halogens is 2. The van der Waals surface area contributed by atoms with Gasteiger partial charge in [-0.05, 0) is 76.8 Å². The predicted molar refractivity (Wildman–Crippen MR) is 91.4 cm³/mol. The van der Waals surface area contributed by atoms with E-state index in [1.165, 1.54) is 24.0 Å². The molecule has 0 fully saturated rings. The van der Waals surface area contributed by atoms with E-state index in [0.29, 0.717) is 0 Å². The Labute approximate surface area is 134 Å². The highest BCUT2D eigenvalue weighted by Crippen LogP contribution is 2.33. The van der Waals surface area contributed by atoms with Crippen LogP contribution < -0.4 is 5.32 Å². The van der Waals surface area contributed by atoms with Crippen LogP contribution in [0.5, 0.6) is 0 Å². The van der Waals surface area contributed by atoms with Gasteiger partial charge in [0.15, 0.2) is 0 Å². The fourth-order valence-electron chi connectivity index (χ4n) is 2.02. The van der Waals surface area contributed by atoms with Crippen molar-refractivity contribution in [1.82, 2.24) is 5.32 Å². The van der Waals surface area contributed by atoms with Gasteiger partial charge in [0.05, 0.1) is 6.04 Å². The Bertz CT molecular complexity index is 538. The van der Waals surface area contributed by atoms with E-state index in [4.69, 9.17) is 0 Å². The molecule has 0 saturated carbocycles. The second kappa shape index (κ2) is 6.50. The first kappa shape index (κ1) is 14.5. The lowest BCUT2D eigenvalue weighted by molar-refractivity contribution is 0.627. The van der Waals surface area contributed by atoms with Gasteiger partial charge in [0, 0.05) is 12.9 Å². The molecule has 0 spiro atoms. The summed E-state index contributed by atoms with van der Waals surface area (Å²) in [5, 5.41) is 5.75. The maximum atomic E-state index is 3.67. The molecule has 0 radical (unpaired) electrons. The summed E-state index contributed by atoms with van der Waals surface area (Å²) < 4.78 is 2.43. The Balaban J connectivity index is 2.48. The second-order valence-electron chi connectivity index (χ2n) is 4.09. The van der Waals surface area contributed by atoms with Crippen LogP contribution in [0.4, 0.5) is 0 Å². The first-order valence-electron chi connectivity index (χ1n) is 5.85. The molecule has 0 aliphatic heterocycles. The Morgan fingerprint density at radius 3 is 2.72 bits per heavy atom. The molecule has 1 atom stereocenters. The van der Waals surface area contributed by atoms with Gasteiger partial charge < -0.3 is 5.32 Å². The summed E-state index contributed by atoms with van der Waals surface area (Å²) in [6.45, 7) is 5.29. The van der Waals surface area contributed by atoms with Gasteiger partial charge in [0.25, 0.3) is 0 Å². The van der Waals surface area contributed by atoms with Crippen LogP contribution in [0.3, 0.4) is 0 Å². The van der Waals surface area contributed by atoms with Gasteiger partial charge in [0.2, 0.25) is 0 Å². The monoisotopic (exact) mass is 435 g/mol. The summed E-state index contributed by atoms with van der Waals surface area (Å²) in [6.07, 6.45) is 0. The number of thiophene rings is 1. The molecular formula is C14H15BrINS. The molecule has 18 heavy (non-hydrogen) atoms. The van der Waals surface area contributed by atoms with Crippen molar-refractivity contribution in [3.05, 3.63) is 53.7 Å². The van der Waals surface area contributed by atoms with E-state index in [0.717, 1.165) is 6.54 Å². The van der Waals surface area contributed by atoms with Crippen molar-refractivity contribution in [3.63, 3.8) is 0 Å². The highest BCUT2D eigenvalue weighted by molar-refractivity contribution is 14.1. The van der Waals surface area contributed by atoms with E-state index in [1.54, 1.807) is 11.3 Å². The van der Waals surface area contributed by atoms with Gasteiger partial charge in [-0.3, -0.25) is 0 Å². The standard InChI is InChI=1S/C14H15BrINS/c1-3-17-14(11-6-7-18-9(11)2)12-8-10(16)4-5-13(12)15/h4-8,14,17H,3H2,1-2H3. The Kier molecular flexibility index (Phi) is 5.24. The SMILES string of the molecule is CCNC(c1cc(I)ccc1Br)c1ccsc1C. The van der Waals surface area contributed by atoms with Crippen LogP contribution in [0.1, 0.15) is 29.0 Å². The summed E-state index contributed by atoms with van der Waals surface area (Å²) in [5.74, 6) is 0. The number of aryl methyl sites for hydroxylation is 1.